The molecule has 0 saturated carbocycles. The van der Waals surface area contributed by atoms with Gasteiger partial charge in [-0.05, 0) is 24.6 Å². The Balaban J connectivity index is 2.12. The van der Waals surface area contributed by atoms with Gasteiger partial charge in [-0.1, -0.05) is 11.6 Å². The van der Waals surface area contributed by atoms with Crippen molar-refractivity contribution in [3.63, 3.8) is 0 Å². The third-order valence-corrected chi connectivity index (χ3v) is 3.25. The van der Waals surface area contributed by atoms with Crippen molar-refractivity contribution in [2.75, 3.05) is 11.1 Å². The van der Waals surface area contributed by atoms with Gasteiger partial charge in [0.1, 0.15) is 0 Å². The molecule has 3 N–H and O–H groups in total. The summed E-state index contributed by atoms with van der Waals surface area (Å²) in [5.41, 5.74) is 11.2. The average molecular weight is 254 g/mol. The molecule has 0 aliphatic rings. The van der Waals surface area contributed by atoms with E-state index >= 15 is 0 Å². The first kappa shape index (κ1) is 11.2. The van der Waals surface area contributed by atoms with Gasteiger partial charge >= 0.3 is 0 Å². The van der Waals surface area contributed by atoms with Crippen molar-refractivity contribution in [3.05, 3.63) is 39.3 Å². The van der Waals surface area contributed by atoms with Crippen LogP contribution in [-0.2, 0) is 6.54 Å². The van der Waals surface area contributed by atoms with Gasteiger partial charge in [0, 0.05) is 11.1 Å². The molecule has 3 nitrogen and oxygen atoms in total. The summed E-state index contributed by atoms with van der Waals surface area (Å²) in [7, 11) is 0. The van der Waals surface area contributed by atoms with Crippen LogP contribution in [-0.4, -0.2) is 4.98 Å². The van der Waals surface area contributed by atoms with Gasteiger partial charge in [0.05, 0.1) is 28.5 Å². The van der Waals surface area contributed by atoms with Gasteiger partial charge in [0.25, 0.3) is 0 Å². The number of aryl methyl sites for hydroxylation is 1. The Bertz CT molecular complexity index is 482. The average Bonchev–Trinajstić information content (AvgIpc) is 2.74. The molecule has 0 radical (unpaired) electrons. The molecule has 84 valence electrons. The van der Waals surface area contributed by atoms with E-state index in [9.17, 15) is 0 Å². The fourth-order valence-corrected chi connectivity index (χ4v) is 2.13. The lowest BCUT2D eigenvalue weighted by Crippen LogP contribution is -2.02. The van der Waals surface area contributed by atoms with Crippen LogP contribution in [0.25, 0.3) is 0 Å². The number of rotatable bonds is 3. The first-order valence-electron chi connectivity index (χ1n) is 4.83. The molecule has 16 heavy (non-hydrogen) atoms. The number of halogens is 1. The molecular weight excluding hydrogens is 242 g/mol. The van der Waals surface area contributed by atoms with E-state index in [0.717, 1.165) is 16.9 Å². The SMILES string of the molecule is Cc1cc(N)c(Cl)cc1NCc1cscn1. The summed E-state index contributed by atoms with van der Waals surface area (Å²) < 4.78 is 0. The molecule has 0 aliphatic heterocycles. The first-order valence-corrected chi connectivity index (χ1v) is 6.15. The van der Waals surface area contributed by atoms with E-state index in [4.69, 9.17) is 17.3 Å². The van der Waals surface area contributed by atoms with Gasteiger partial charge in [0.2, 0.25) is 0 Å². The number of anilines is 2. The predicted molar refractivity (Wildman–Crippen MR) is 70.0 cm³/mol. The Morgan fingerprint density at radius 1 is 1.50 bits per heavy atom. The van der Waals surface area contributed by atoms with E-state index in [2.05, 4.69) is 10.3 Å². The molecule has 0 spiro atoms. The molecule has 2 aromatic rings. The Labute approximate surface area is 103 Å². The third-order valence-electron chi connectivity index (χ3n) is 2.29. The number of hydrogen-bond acceptors (Lipinski definition) is 4. The molecule has 0 bridgehead atoms. The molecule has 0 fully saturated rings. The molecule has 2 rings (SSSR count). The fourth-order valence-electron chi connectivity index (χ4n) is 1.40. The highest BCUT2D eigenvalue weighted by molar-refractivity contribution is 7.07. The van der Waals surface area contributed by atoms with Crippen LogP contribution in [0.1, 0.15) is 11.3 Å². The van der Waals surface area contributed by atoms with Crippen molar-refractivity contribution in [3.8, 4) is 0 Å². The number of benzene rings is 1. The van der Waals surface area contributed by atoms with Crippen LogP contribution in [0, 0.1) is 6.92 Å². The molecule has 1 aromatic carbocycles. The van der Waals surface area contributed by atoms with Gasteiger partial charge in [-0.3, -0.25) is 0 Å². The largest absolute Gasteiger partial charge is 0.398 e. The van der Waals surface area contributed by atoms with Gasteiger partial charge in [-0.25, -0.2) is 4.98 Å². The zero-order valence-corrected chi connectivity index (χ0v) is 10.4. The molecule has 1 aromatic heterocycles. The lowest BCUT2D eigenvalue weighted by molar-refractivity contribution is 1.07. The minimum Gasteiger partial charge on any atom is -0.398 e. The van der Waals surface area contributed by atoms with E-state index in [1.807, 2.05) is 29.9 Å². The molecule has 1 heterocycles. The van der Waals surface area contributed by atoms with Crippen LogP contribution in [0.5, 0.6) is 0 Å². The number of nitrogens with one attached hydrogen (secondary N) is 1. The molecule has 0 atom stereocenters. The van der Waals surface area contributed by atoms with Crippen molar-refractivity contribution in [2.45, 2.75) is 13.5 Å². The van der Waals surface area contributed by atoms with E-state index in [0.29, 0.717) is 17.3 Å². The van der Waals surface area contributed by atoms with E-state index in [-0.39, 0.29) is 0 Å². The van der Waals surface area contributed by atoms with E-state index < -0.39 is 0 Å². The second kappa shape index (κ2) is 4.72. The summed E-state index contributed by atoms with van der Waals surface area (Å²) in [4.78, 5) is 4.20. The second-order valence-corrected chi connectivity index (χ2v) is 4.65. The van der Waals surface area contributed by atoms with Crippen LogP contribution >= 0.6 is 22.9 Å². The van der Waals surface area contributed by atoms with Crippen LogP contribution in [0.4, 0.5) is 11.4 Å². The van der Waals surface area contributed by atoms with Crippen LogP contribution in [0.15, 0.2) is 23.0 Å². The maximum absolute atomic E-state index is 5.97. The number of thiazole rings is 1. The summed E-state index contributed by atoms with van der Waals surface area (Å²) in [5, 5.41) is 5.88. The Kier molecular flexibility index (Phi) is 3.31. The lowest BCUT2D eigenvalue weighted by Gasteiger charge is -2.10. The summed E-state index contributed by atoms with van der Waals surface area (Å²) in [6, 6.07) is 3.71. The van der Waals surface area contributed by atoms with Gasteiger partial charge in [-0.2, -0.15) is 0 Å². The number of nitrogens with zero attached hydrogens (tertiary/aromatic N) is 1. The fraction of sp³-hybridized carbons (Fsp3) is 0.182. The van der Waals surface area contributed by atoms with Crippen molar-refractivity contribution in [2.24, 2.45) is 0 Å². The van der Waals surface area contributed by atoms with Crippen LogP contribution < -0.4 is 11.1 Å². The zero-order chi connectivity index (χ0) is 11.5. The monoisotopic (exact) mass is 253 g/mol. The summed E-state index contributed by atoms with van der Waals surface area (Å²) in [5.74, 6) is 0. The van der Waals surface area contributed by atoms with Crippen LogP contribution in [0.2, 0.25) is 5.02 Å². The highest BCUT2D eigenvalue weighted by Crippen LogP contribution is 2.26. The van der Waals surface area contributed by atoms with Gasteiger partial charge in [0.15, 0.2) is 0 Å². The quantitative estimate of drug-likeness (QED) is 0.826. The standard InChI is InChI=1S/C11H12ClN3S/c1-7-2-10(13)9(12)3-11(7)14-4-8-5-16-6-15-8/h2-3,5-6,14H,4,13H2,1H3. The van der Waals surface area contributed by atoms with Crippen molar-refractivity contribution in [1.29, 1.82) is 0 Å². The molecule has 0 unspecified atom stereocenters. The molecule has 0 aliphatic carbocycles. The zero-order valence-electron chi connectivity index (χ0n) is 8.83. The van der Waals surface area contributed by atoms with Crippen molar-refractivity contribution in [1.82, 2.24) is 4.98 Å². The Hall–Kier alpha value is -1.26. The Morgan fingerprint density at radius 3 is 3.00 bits per heavy atom. The normalized spacial score (nSPS) is 10.4. The van der Waals surface area contributed by atoms with Gasteiger partial charge in [-0.15, -0.1) is 11.3 Å². The first-order chi connectivity index (χ1) is 7.66. The number of nitrogens with two attached hydrogens (primary N) is 1. The number of nitrogen functional groups attached to an aromatic ring is 1. The molecular formula is C11H12ClN3S. The third kappa shape index (κ3) is 2.46. The maximum atomic E-state index is 5.97. The highest BCUT2D eigenvalue weighted by Gasteiger charge is 2.03. The Morgan fingerprint density at radius 2 is 2.31 bits per heavy atom. The predicted octanol–water partition coefficient (Wildman–Crippen LogP) is 3.30. The minimum absolute atomic E-state index is 0.575. The van der Waals surface area contributed by atoms with Crippen LogP contribution in [0.3, 0.4) is 0 Å². The molecule has 0 saturated heterocycles. The number of hydrogen-bond donors (Lipinski definition) is 2. The second-order valence-electron chi connectivity index (χ2n) is 3.52. The van der Waals surface area contributed by atoms with Crippen molar-refractivity contribution < 1.29 is 0 Å². The maximum Gasteiger partial charge on any atom is 0.0795 e. The van der Waals surface area contributed by atoms with Crippen molar-refractivity contribution >= 4 is 34.3 Å². The number of aromatic nitrogens is 1. The van der Waals surface area contributed by atoms with E-state index in [1.54, 1.807) is 11.3 Å². The molecule has 0 amide bonds. The minimum atomic E-state index is 0.575. The van der Waals surface area contributed by atoms with E-state index in [1.165, 1.54) is 0 Å². The summed E-state index contributed by atoms with van der Waals surface area (Å²) in [6.07, 6.45) is 0. The highest BCUT2D eigenvalue weighted by atomic mass is 35.5. The summed E-state index contributed by atoms with van der Waals surface area (Å²) >= 11 is 7.56. The van der Waals surface area contributed by atoms with Gasteiger partial charge < -0.3 is 11.1 Å². The summed E-state index contributed by atoms with van der Waals surface area (Å²) in [6.45, 7) is 2.70. The lowest BCUT2D eigenvalue weighted by atomic mass is 10.2. The smallest absolute Gasteiger partial charge is 0.0795 e. The topological polar surface area (TPSA) is 50.9 Å². The molecule has 5 heteroatoms.